The van der Waals surface area contributed by atoms with Gasteiger partial charge in [0.1, 0.15) is 0 Å². The van der Waals surface area contributed by atoms with Gasteiger partial charge < -0.3 is 9.64 Å². The lowest BCUT2D eigenvalue weighted by Gasteiger charge is -2.19. The van der Waals surface area contributed by atoms with Crippen molar-refractivity contribution in [3.8, 4) is 0 Å². The predicted octanol–water partition coefficient (Wildman–Crippen LogP) is 1.13. The van der Waals surface area contributed by atoms with Crippen LogP contribution in [-0.2, 0) is 9.53 Å². The van der Waals surface area contributed by atoms with Gasteiger partial charge in [-0.25, -0.2) is 0 Å². The number of nitrogens with zero attached hydrogens (tertiary/aromatic N) is 1. The second-order valence-corrected chi connectivity index (χ2v) is 1.87. The molecule has 0 aliphatic heterocycles. The molecule has 0 aromatic heterocycles. The molecule has 0 unspecified atom stereocenters. The van der Waals surface area contributed by atoms with Crippen LogP contribution >= 0.6 is 0 Å². The van der Waals surface area contributed by atoms with E-state index in [0.29, 0.717) is 12.4 Å². The summed E-state index contributed by atoms with van der Waals surface area (Å²) in [5, 5.41) is 0. The molecule has 0 fully saturated rings. The second kappa shape index (κ2) is 5.57. The molecule has 0 aromatic carbocycles. The fraction of sp³-hybridized carbons (Fsp3) is 0.500. The molecule has 0 atom stereocenters. The third kappa shape index (κ3) is 2.92. The third-order valence-corrected chi connectivity index (χ3v) is 1.36. The van der Waals surface area contributed by atoms with Crippen molar-refractivity contribution in [3.63, 3.8) is 0 Å². The highest BCUT2D eigenvalue weighted by Crippen LogP contribution is 2.01. The molecule has 3 heteroatoms. The Morgan fingerprint density at radius 1 is 1.64 bits per heavy atom. The lowest BCUT2D eigenvalue weighted by Crippen LogP contribution is -2.23. The average Bonchev–Trinajstić information content (AvgIpc) is 2.05. The van der Waals surface area contributed by atoms with E-state index >= 15 is 0 Å². The van der Waals surface area contributed by atoms with Crippen molar-refractivity contribution in [2.24, 2.45) is 0 Å². The highest BCUT2D eigenvalue weighted by molar-refractivity contribution is 5.39. The van der Waals surface area contributed by atoms with Crippen molar-refractivity contribution in [1.82, 2.24) is 4.90 Å². The topological polar surface area (TPSA) is 29.5 Å². The fourth-order valence-electron chi connectivity index (χ4n) is 0.784. The van der Waals surface area contributed by atoms with E-state index in [-0.39, 0.29) is 0 Å². The van der Waals surface area contributed by atoms with Crippen LogP contribution in [-0.4, -0.2) is 24.5 Å². The molecule has 0 aliphatic carbocycles. The normalized spacial score (nSPS) is 8.18. The van der Waals surface area contributed by atoms with E-state index in [1.165, 1.54) is 0 Å². The fourth-order valence-corrected chi connectivity index (χ4v) is 0.784. The van der Waals surface area contributed by atoms with Gasteiger partial charge in [0, 0.05) is 13.1 Å². The van der Waals surface area contributed by atoms with E-state index in [1.54, 1.807) is 0 Å². The van der Waals surface area contributed by atoms with Gasteiger partial charge in [-0.3, -0.25) is 4.79 Å². The Balaban J connectivity index is 4.22. The summed E-state index contributed by atoms with van der Waals surface area (Å²) < 4.78 is 4.62. The molecule has 0 rings (SSSR count). The summed E-state index contributed by atoms with van der Waals surface area (Å²) in [5.74, 6) is 0.394. The Morgan fingerprint density at radius 3 is 2.45 bits per heavy atom. The van der Waals surface area contributed by atoms with Gasteiger partial charge in [-0.1, -0.05) is 12.3 Å². The maximum absolute atomic E-state index is 9.97. The van der Waals surface area contributed by atoms with E-state index in [2.05, 4.69) is 17.0 Å². The molecule has 0 saturated heterocycles. The summed E-state index contributed by atoms with van der Waals surface area (Å²) in [6.07, 6.45) is 0. The molecule has 11 heavy (non-hydrogen) atoms. The minimum absolute atomic E-state index is 0.381. The molecule has 0 amide bonds. The van der Waals surface area contributed by atoms with Crippen LogP contribution < -0.4 is 0 Å². The maximum atomic E-state index is 9.97. The Kier molecular flexibility index (Phi) is 4.95. The van der Waals surface area contributed by atoms with Crippen molar-refractivity contribution < 1.29 is 9.53 Å². The van der Waals surface area contributed by atoms with Crippen LogP contribution in [0.2, 0.25) is 0 Å². The molecule has 3 nitrogen and oxygen atoms in total. The van der Waals surface area contributed by atoms with Crippen molar-refractivity contribution >= 4 is 6.47 Å². The lowest BCUT2D eigenvalue weighted by atomic mass is 10.5. The zero-order valence-electron chi connectivity index (χ0n) is 6.96. The minimum Gasteiger partial charge on any atom is -0.404 e. The first-order chi connectivity index (χ1) is 5.29. The summed E-state index contributed by atoms with van der Waals surface area (Å²) in [4.78, 5) is 11.8. The van der Waals surface area contributed by atoms with E-state index in [9.17, 15) is 4.79 Å². The second-order valence-electron chi connectivity index (χ2n) is 1.87. The van der Waals surface area contributed by atoms with Gasteiger partial charge in [0.2, 0.25) is 5.88 Å². The maximum Gasteiger partial charge on any atom is 0.300 e. The van der Waals surface area contributed by atoms with E-state index in [1.807, 2.05) is 18.7 Å². The Hall–Kier alpha value is -1.21. The van der Waals surface area contributed by atoms with Crippen molar-refractivity contribution in [2.75, 3.05) is 13.1 Å². The van der Waals surface area contributed by atoms with Crippen LogP contribution in [0.5, 0.6) is 0 Å². The highest BCUT2D eigenvalue weighted by atomic mass is 16.5. The van der Waals surface area contributed by atoms with Gasteiger partial charge in [0.15, 0.2) is 0 Å². The molecule has 0 heterocycles. The number of ether oxygens (including phenoxy) is 1. The quantitative estimate of drug-likeness (QED) is 0.338. The Morgan fingerprint density at radius 2 is 2.18 bits per heavy atom. The standard InChI is InChI=1S/C8H13NO2/c1-4-8(11-7-10)9(5-2)6-3/h7H,1,5-6H2,2-3H3. The van der Waals surface area contributed by atoms with Crippen LogP contribution in [0.1, 0.15) is 13.8 Å². The molecule has 0 aromatic rings. The lowest BCUT2D eigenvalue weighted by molar-refractivity contribution is -0.127. The first-order valence-electron chi connectivity index (χ1n) is 3.55. The van der Waals surface area contributed by atoms with E-state index in [4.69, 9.17) is 0 Å². The summed E-state index contributed by atoms with van der Waals surface area (Å²) >= 11 is 0. The first-order valence-corrected chi connectivity index (χ1v) is 3.55. The number of carbonyl (C=O) groups excluding carboxylic acids is 1. The summed E-state index contributed by atoms with van der Waals surface area (Å²) in [6.45, 7) is 9.28. The van der Waals surface area contributed by atoms with E-state index in [0.717, 1.165) is 13.1 Å². The molecule has 0 N–H and O–H groups in total. The molecule has 0 spiro atoms. The Labute approximate surface area is 66.9 Å². The number of carbonyl (C=O) groups is 1. The zero-order chi connectivity index (χ0) is 8.69. The SMILES string of the molecule is C=C=C(OC=O)N(CC)CC. The molecular formula is C8H13NO2. The zero-order valence-corrected chi connectivity index (χ0v) is 6.96. The summed E-state index contributed by atoms with van der Waals surface area (Å²) in [7, 11) is 0. The monoisotopic (exact) mass is 155 g/mol. The van der Waals surface area contributed by atoms with Crippen LogP contribution in [0.3, 0.4) is 0 Å². The average molecular weight is 155 g/mol. The predicted molar refractivity (Wildman–Crippen MR) is 42.7 cm³/mol. The summed E-state index contributed by atoms with van der Waals surface area (Å²) in [6, 6.07) is 0. The molecule has 0 saturated carbocycles. The molecule has 0 radical (unpaired) electrons. The van der Waals surface area contributed by atoms with E-state index < -0.39 is 0 Å². The molecular weight excluding hydrogens is 142 g/mol. The van der Waals surface area contributed by atoms with Gasteiger partial charge in [0.05, 0.1) is 0 Å². The smallest absolute Gasteiger partial charge is 0.300 e. The number of hydrogen-bond acceptors (Lipinski definition) is 3. The largest absolute Gasteiger partial charge is 0.404 e. The van der Waals surface area contributed by atoms with Crippen LogP contribution in [0.4, 0.5) is 0 Å². The van der Waals surface area contributed by atoms with Crippen molar-refractivity contribution in [2.45, 2.75) is 13.8 Å². The minimum atomic E-state index is 0.381. The number of hydrogen-bond donors (Lipinski definition) is 0. The van der Waals surface area contributed by atoms with Crippen LogP contribution in [0.25, 0.3) is 0 Å². The Bertz CT molecular complexity index is 167. The molecule has 62 valence electrons. The van der Waals surface area contributed by atoms with Crippen LogP contribution in [0.15, 0.2) is 18.2 Å². The van der Waals surface area contributed by atoms with Crippen molar-refractivity contribution in [3.05, 3.63) is 18.2 Å². The number of rotatable bonds is 5. The molecule has 0 aliphatic rings. The molecule has 0 bridgehead atoms. The van der Waals surface area contributed by atoms with Gasteiger partial charge in [-0.05, 0) is 13.8 Å². The highest BCUT2D eigenvalue weighted by Gasteiger charge is 2.03. The first kappa shape index (κ1) is 9.79. The van der Waals surface area contributed by atoms with Crippen molar-refractivity contribution in [1.29, 1.82) is 0 Å². The van der Waals surface area contributed by atoms with Gasteiger partial charge in [-0.2, -0.15) is 0 Å². The third-order valence-electron chi connectivity index (χ3n) is 1.36. The van der Waals surface area contributed by atoms with Gasteiger partial charge in [-0.15, -0.1) is 0 Å². The van der Waals surface area contributed by atoms with Crippen LogP contribution in [0, 0.1) is 0 Å². The summed E-state index contributed by atoms with van der Waals surface area (Å²) in [5.41, 5.74) is 2.54. The van der Waals surface area contributed by atoms with Gasteiger partial charge >= 0.3 is 0 Å². The van der Waals surface area contributed by atoms with Gasteiger partial charge in [0.25, 0.3) is 6.47 Å².